The van der Waals surface area contributed by atoms with Crippen LogP contribution in [0.1, 0.15) is 39.5 Å². The molecule has 0 atom stereocenters. The normalized spacial score (nSPS) is 11.0. The summed E-state index contributed by atoms with van der Waals surface area (Å²) in [5.74, 6) is 0.193. The van der Waals surface area contributed by atoms with Crippen LogP contribution in [-0.4, -0.2) is 12.7 Å². The number of alkyl halides is 2. The third-order valence-electron chi connectivity index (χ3n) is 2.72. The molecule has 1 rings (SSSR count). The van der Waals surface area contributed by atoms with Gasteiger partial charge < -0.3 is 10.1 Å². The summed E-state index contributed by atoms with van der Waals surface area (Å²) >= 11 is 0. The van der Waals surface area contributed by atoms with Gasteiger partial charge in [0.15, 0.2) is 0 Å². The SMILES string of the molecule is CCCC(CCC)Nc1ccc(OC(F)F)cc1. The van der Waals surface area contributed by atoms with E-state index in [1.54, 1.807) is 24.3 Å². The van der Waals surface area contributed by atoms with E-state index in [2.05, 4.69) is 23.9 Å². The van der Waals surface area contributed by atoms with Gasteiger partial charge in [0, 0.05) is 11.7 Å². The molecule has 18 heavy (non-hydrogen) atoms. The molecule has 0 aliphatic rings. The Morgan fingerprint density at radius 3 is 2.06 bits per heavy atom. The number of hydrogen-bond donors (Lipinski definition) is 1. The van der Waals surface area contributed by atoms with Crippen LogP contribution in [0.2, 0.25) is 0 Å². The fourth-order valence-electron chi connectivity index (χ4n) is 1.95. The van der Waals surface area contributed by atoms with Crippen LogP contribution >= 0.6 is 0 Å². The van der Waals surface area contributed by atoms with E-state index in [9.17, 15) is 8.78 Å². The number of nitrogens with one attached hydrogen (secondary N) is 1. The largest absolute Gasteiger partial charge is 0.435 e. The van der Waals surface area contributed by atoms with Gasteiger partial charge in [-0.25, -0.2) is 0 Å². The standard InChI is InChI=1S/C14H21F2NO/c1-3-5-11(6-4-2)17-12-7-9-13(10-8-12)18-14(15)16/h7-11,14,17H,3-6H2,1-2H3. The first-order valence-electron chi connectivity index (χ1n) is 6.47. The minimum absolute atomic E-state index is 0.193. The van der Waals surface area contributed by atoms with Crippen LogP contribution in [0.3, 0.4) is 0 Å². The predicted molar refractivity (Wildman–Crippen MR) is 70.3 cm³/mol. The van der Waals surface area contributed by atoms with Crippen molar-refractivity contribution in [2.45, 2.75) is 52.2 Å². The maximum Gasteiger partial charge on any atom is 0.387 e. The highest BCUT2D eigenvalue weighted by Gasteiger charge is 2.07. The molecule has 0 aliphatic carbocycles. The van der Waals surface area contributed by atoms with Gasteiger partial charge in [-0.3, -0.25) is 0 Å². The molecule has 0 spiro atoms. The Kier molecular flexibility index (Phi) is 6.47. The summed E-state index contributed by atoms with van der Waals surface area (Å²) in [6.07, 6.45) is 4.49. The smallest absolute Gasteiger partial charge is 0.387 e. The van der Waals surface area contributed by atoms with Crippen molar-refractivity contribution in [1.29, 1.82) is 0 Å². The highest BCUT2D eigenvalue weighted by molar-refractivity contribution is 5.47. The Bertz CT molecular complexity index is 321. The van der Waals surface area contributed by atoms with E-state index in [1.165, 1.54) is 0 Å². The molecule has 0 bridgehead atoms. The number of ether oxygens (including phenoxy) is 1. The first kappa shape index (κ1) is 14.7. The second-order valence-corrected chi connectivity index (χ2v) is 4.32. The van der Waals surface area contributed by atoms with E-state index in [0.717, 1.165) is 31.4 Å². The van der Waals surface area contributed by atoms with Gasteiger partial charge in [0.25, 0.3) is 0 Å². The quantitative estimate of drug-likeness (QED) is 0.730. The molecule has 4 heteroatoms. The monoisotopic (exact) mass is 257 g/mol. The molecule has 0 radical (unpaired) electrons. The number of rotatable bonds is 8. The number of hydrogen-bond acceptors (Lipinski definition) is 2. The average Bonchev–Trinajstić information content (AvgIpc) is 2.31. The first-order chi connectivity index (χ1) is 8.65. The van der Waals surface area contributed by atoms with Gasteiger partial charge in [-0.05, 0) is 37.1 Å². The van der Waals surface area contributed by atoms with Crippen molar-refractivity contribution < 1.29 is 13.5 Å². The molecule has 0 aromatic heterocycles. The summed E-state index contributed by atoms with van der Waals surface area (Å²) in [6, 6.07) is 7.11. The fourth-order valence-corrected chi connectivity index (χ4v) is 1.95. The summed E-state index contributed by atoms with van der Waals surface area (Å²) in [5.41, 5.74) is 0.948. The second kappa shape index (κ2) is 7.90. The maximum atomic E-state index is 12.0. The highest BCUT2D eigenvalue weighted by Crippen LogP contribution is 2.20. The van der Waals surface area contributed by atoms with Crippen LogP contribution < -0.4 is 10.1 Å². The van der Waals surface area contributed by atoms with Gasteiger partial charge in [-0.15, -0.1) is 0 Å². The molecule has 0 amide bonds. The highest BCUT2D eigenvalue weighted by atomic mass is 19.3. The van der Waals surface area contributed by atoms with E-state index in [1.807, 2.05) is 0 Å². The van der Waals surface area contributed by atoms with Crippen LogP contribution in [0.15, 0.2) is 24.3 Å². The van der Waals surface area contributed by atoms with Crippen molar-refractivity contribution in [3.63, 3.8) is 0 Å². The molecule has 0 aliphatic heterocycles. The number of benzene rings is 1. The van der Waals surface area contributed by atoms with Crippen molar-refractivity contribution in [2.75, 3.05) is 5.32 Å². The van der Waals surface area contributed by atoms with Crippen molar-refractivity contribution in [2.24, 2.45) is 0 Å². The van der Waals surface area contributed by atoms with E-state index in [4.69, 9.17) is 0 Å². The minimum atomic E-state index is -2.77. The average molecular weight is 257 g/mol. The summed E-state index contributed by atoms with van der Waals surface area (Å²) in [7, 11) is 0. The van der Waals surface area contributed by atoms with Gasteiger partial charge >= 0.3 is 6.61 Å². The summed E-state index contributed by atoms with van der Waals surface area (Å²) in [6.45, 7) is 1.55. The molecule has 1 N–H and O–H groups in total. The number of anilines is 1. The Labute approximate surface area is 107 Å². The Morgan fingerprint density at radius 2 is 1.61 bits per heavy atom. The first-order valence-corrected chi connectivity index (χ1v) is 6.47. The predicted octanol–water partition coefficient (Wildman–Crippen LogP) is 4.67. The minimum Gasteiger partial charge on any atom is -0.435 e. The zero-order valence-electron chi connectivity index (χ0n) is 11.0. The van der Waals surface area contributed by atoms with Gasteiger partial charge in [0.05, 0.1) is 0 Å². The molecule has 1 aromatic carbocycles. The van der Waals surface area contributed by atoms with Crippen molar-refractivity contribution in [1.82, 2.24) is 0 Å². The zero-order chi connectivity index (χ0) is 13.4. The molecule has 0 fully saturated rings. The van der Waals surface area contributed by atoms with Gasteiger partial charge in [0.1, 0.15) is 5.75 Å². The Balaban J connectivity index is 2.55. The zero-order valence-corrected chi connectivity index (χ0v) is 11.0. The third-order valence-corrected chi connectivity index (χ3v) is 2.72. The lowest BCUT2D eigenvalue weighted by atomic mass is 10.1. The van der Waals surface area contributed by atoms with Crippen LogP contribution in [-0.2, 0) is 0 Å². The molecular weight excluding hydrogens is 236 g/mol. The van der Waals surface area contributed by atoms with Crippen molar-refractivity contribution >= 4 is 5.69 Å². The van der Waals surface area contributed by atoms with E-state index < -0.39 is 6.61 Å². The van der Waals surface area contributed by atoms with Gasteiger partial charge in [-0.1, -0.05) is 26.7 Å². The lowest BCUT2D eigenvalue weighted by Crippen LogP contribution is -2.18. The topological polar surface area (TPSA) is 21.3 Å². The van der Waals surface area contributed by atoms with Crippen LogP contribution in [0.5, 0.6) is 5.75 Å². The lowest BCUT2D eigenvalue weighted by molar-refractivity contribution is -0.0498. The maximum absolute atomic E-state index is 12.0. The second-order valence-electron chi connectivity index (χ2n) is 4.32. The van der Waals surface area contributed by atoms with Crippen molar-refractivity contribution in [3.8, 4) is 5.75 Å². The van der Waals surface area contributed by atoms with Crippen LogP contribution in [0.25, 0.3) is 0 Å². The third kappa shape index (κ3) is 5.34. The molecule has 0 unspecified atom stereocenters. The summed E-state index contributed by atoms with van der Waals surface area (Å²) in [5, 5.41) is 3.42. The molecule has 0 saturated heterocycles. The molecule has 0 heterocycles. The molecule has 1 aromatic rings. The summed E-state index contributed by atoms with van der Waals surface area (Å²) < 4.78 is 28.3. The summed E-state index contributed by atoms with van der Waals surface area (Å²) in [4.78, 5) is 0. The van der Waals surface area contributed by atoms with E-state index in [-0.39, 0.29) is 5.75 Å². The van der Waals surface area contributed by atoms with Crippen LogP contribution in [0.4, 0.5) is 14.5 Å². The van der Waals surface area contributed by atoms with Crippen LogP contribution in [0, 0.1) is 0 Å². The lowest BCUT2D eigenvalue weighted by Gasteiger charge is -2.18. The van der Waals surface area contributed by atoms with E-state index >= 15 is 0 Å². The molecular formula is C14H21F2NO. The Hall–Kier alpha value is -1.32. The van der Waals surface area contributed by atoms with E-state index in [0.29, 0.717) is 6.04 Å². The Morgan fingerprint density at radius 1 is 1.06 bits per heavy atom. The molecule has 102 valence electrons. The molecule has 2 nitrogen and oxygen atoms in total. The number of halogens is 2. The molecule has 0 saturated carbocycles. The van der Waals surface area contributed by atoms with Gasteiger partial charge in [-0.2, -0.15) is 8.78 Å². The van der Waals surface area contributed by atoms with Gasteiger partial charge in [0.2, 0.25) is 0 Å². The van der Waals surface area contributed by atoms with Crippen molar-refractivity contribution in [3.05, 3.63) is 24.3 Å². The fraction of sp³-hybridized carbons (Fsp3) is 0.571.